The number of anilines is 1. The quantitative estimate of drug-likeness (QED) is 0.333. The molecule has 0 spiro atoms. The van der Waals surface area contributed by atoms with Crippen molar-refractivity contribution in [2.45, 2.75) is 25.8 Å². The summed E-state index contributed by atoms with van der Waals surface area (Å²) in [6, 6.07) is 17.7. The topological polar surface area (TPSA) is 77.0 Å². The van der Waals surface area contributed by atoms with Crippen molar-refractivity contribution in [2.75, 3.05) is 18.2 Å². The summed E-state index contributed by atoms with van der Waals surface area (Å²) in [6.45, 7) is 5.95. The van der Waals surface area contributed by atoms with Crippen LogP contribution in [0.25, 0.3) is 21.1 Å². The number of rotatable bonds is 7. The summed E-state index contributed by atoms with van der Waals surface area (Å²) in [4.78, 5) is 18.1. The lowest BCUT2D eigenvalue weighted by Crippen LogP contribution is -2.15. The first-order valence-corrected chi connectivity index (χ1v) is 12.2. The molecule has 0 saturated heterocycles. The Morgan fingerprint density at radius 3 is 2.67 bits per heavy atom. The van der Waals surface area contributed by atoms with Crippen molar-refractivity contribution in [3.8, 4) is 26.9 Å². The highest BCUT2D eigenvalue weighted by Crippen LogP contribution is 2.35. The predicted octanol–water partition coefficient (Wildman–Crippen LogP) is 5.93. The monoisotopic (exact) mass is 476 g/mol. The van der Waals surface area contributed by atoms with Crippen LogP contribution in [0, 0.1) is 20.8 Å². The third-order valence-electron chi connectivity index (χ3n) is 5.00. The number of hydrogen-bond acceptors (Lipinski definition) is 7. The summed E-state index contributed by atoms with van der Waals surface area (Å²) < 4.78 is 5.32. The molecule has 2 heterocycles. The molecule has 6 nitrogen and oxygen atoms in total. The van der Waals surface area contributed by atoms with E-state index in [9.17, 15) is 4.79 Å². The maximum atomic E-state index is 12.4. The molecule has 2 aromatic carbocycles. The Labute approximate surface area is 201 Å². The van der Waals surface area contributed by atoms with E-state index in [2.05, 4.69) is 15.5 Å². The normalized spacial score (nSPS) is 10.8. The molecule has 2 aromatic heterocycles. The van der Waals surface area contributed by atoms with Gasteiger partial charge in [-0.2, -0.15) is 0 Å². The second kappa shape index (κ2) is 10.1. The third-order valence-corrected chi connectivity index (χ3v) is 7.15. The van der Waals surface area contributed by atoms with Crippen LogP contribution in [0.4, 0.5) is 5.69 Å². The first-order valence-electron chi connectivity index (χ1n) is 10.4. The number of aromatic nitrogens is 3. The number of thiazole rings is 1. The van der Waals surface area contributed by atoms with Gasteiger partial charge in [0, 0.05) is 11.3 Å². The molecule has 0 aliphatic heterocycles. The predicted molar refractivity (Wildman–Crippen MR) is 135 cm³/mol. The highest BCUT2D eigenvalue weighted by atomic mass is 32.2. The first-order chi connectivity index (χ1) is 15.9. The molecular formula is C25H24N4O2S2. The molecule has 0 saturated carbocycles. The summed E-state index contributed by atoms with van der Waals surface area (Å²) in [7, 11) is 1.65. The van der Waals surface area contributed by atoms with Crippen LogP contribution < -0.4 is 10.1 Å². The van der Waals surface area contributed by atoms with Gasteiger partial charge in [-0.1, -0.05) is 36.0 Å². The Balaban J connectivity index is 1.41. The van der Waals surface area contributed by atoms with Crippen LogP contribution in [-0.2, 0) is 4.79 Å². The molecule has 168 valence electrons. The van der Waals surface area contributed by atoms with Crippen LogP contribution in [0.1, 0.15) is 16.8 Å². The summed E-state index contributed by atoms with van der Waals surface area (Å²) in [6.07, 6.45) is 0. The van der Waals surface area contributed by atoms with Crippen LogP contribution in [0.2, 0.25) is 0 Å². The molecule has 4 rings (SSSR count). The number of aryl methyl sites for hydroxylation is 3. The zero-order valence-corrected chi connectivity index (χ0v) is 20.5. The Kier molecular flexibility index (Phi) is 7.05. The van der Waals surface area contributed by atoms with E-state index in [4.69, 9.17) is 9.72 Å². The van der Waals surface area contributed by atoms with E-state index in [0.29, 0.717) is 5.03 Å². The molecule has 8 heteroatoms. The fourth-order valence-corrected chi connectivity index (χ4v) is 4.87. The average Bonchev–Trinajstić information content (AvgIpc) is 3.22. The number of benzene rings is 2. The maximum Gasteiger partial charge on any atom is 0.234 e. The average molecular weight is 477 g/mol. The Bertz CT molecular complexity index is 1290. The number of nitrogens with zero attached hydrogens (tertiary/aromatic N) is 3. The first kappa shape index (κ1) is 22.9. The van der Waals surface area contributed by atoms with Gasteiger partial charge in [0.1, 0.15) is 21.5 Å². The van der Waals surface area contributed by atoms with Crippen molar-refractivity contribution in [1.82, 2.24) is 15.2 Å². The van der Waals surface area contributed by atoms with Crippen molar-refractivity contribution in [3.63, 3.8) is 0 Å². The molecule has 1 N–H and O–H groups in total. The highest BCUT2D eigenvalue weighted by molar-refractivity contribution is 7.99. The molecule has 0 aliphatic rings. The van der Waals surface area contributed by atoms with Gasteiger partial charge in [-0.25, -0.2) is 4.98 Å². The van der Waals surface area contributed by atoms with Crippen LogP contribution in [0.3, 0.4) is 0 Å². The van der Waals surface area contributed by atoms with Crippen LogP contribution in [0.15, 0.2) is 59.6 Å². The smallest absolute Gasteiger partial charge is 0.234 e. The number of ether oxygens (including phenoxy) is 1. The van der Waals surface area contributed by atoms with E-state index >= 15 is 0 Å². The molecule has 4 aromatic rings. The molecule has 0 aliphatic carbocycles. The van der Waals surface area contributed by atoms with Gasteiger partial charge in [-0.05, 0) is 62.2 Å². The summed E-state index contributed by atoms with van der Waals surface area (Å²) in [5, 5.41) is 13.3. The number of methoxy groups -OCH3 is 1. The molecule has 0 unspecified atom stereocenters. The van der Waals surface area contributed by atoms with Crippen LogP contribution >= 0.6 is 23.1 Å². The van der Waals surface area contributed by atoms with Gasteiger partial charge in [-0.3, -0.25) is 4.79 Å². The number of carbonyl (C=O) groups is 1. The highest BCUT2D eigenvalue weighted by Gasteiger charge is 2.14. The molecule has 1 amide bonds. The summed E-state index contributed by atoms with van der Waals surface area (Å²) in [5.74, 6) is 0.992. The van der Waals surface area contributed by atoms with E-state index in [0.717, 1.165) is 49.4 Å². The van der Waals surface area contributed by atoms with Crippen molar-refractivity contribution >= 4 is 34.7 Å². The van der Waals surface area contributed by atoms with E-state index in [1.165, 1.54) is 11.8 Å². The SMILES string of the molecule is COc1cccc(-c2nc(C)c(-c3ccc(SCC(=O)Nc4cc(C)ccc4C)nn3)s2)c1. The second-order valence-electron chi connectivity index (χ2n) is 7.58. The maximum absolute atomic E-state index is 12.4. The minimum atomic E-state index is -0.0687. The summed E-state index contributed by atoms with van der Waals surface area (Å²) in [5.41, 5.74) is 5.66. The van der Waals surface area contributed by atoms with E-state index in [1.54, 1.807) is 18.4 Å². The zero-order chi connectivity index (χ0) is 23.4. The second-order valence-corrected chi connectivity index (χ2v) is 9.57. The number of nitrogens with one attached hydrogen (secondary N) is 1. The molecule has 0 bridgehead atoms. The number of carbonyl (C=O) groups excluding carboxylic acids is 1. The van der Waals surface area contributed by atoms with Gasteiger partial charge in [0.05, 0.1) is 23.4 Å². The molecule has 0 atom stereocenters. The zero-order valence-electron chi connectivity index (χ0n) is 18.9. The van der Waals surface area contributed by atoms with Gasteiger partial charge < -0.3 is 10.1 Å². The van der Waals surface area contributed by atoms with Crippen molar-refractivity contribution < 1.29 is 9.53 Å². The minimum Gasteiger partial charge on any atom is -0.497 e. The number of hydrogen-bond donors (Lipinski definition) is 1. The van der Waals surface area contributed by atoms with E-state index < -0.39 is 0 Å². The fourth-order valence-electron chi connectivity index (χ4n) is 3.23. The van der Waals surface area contributed by atoms with Gasteiger partial charge in [0.2, 0.25) is 5.91 Å². The van der Waals surface area contributed by atoms with E-state index in [1.807, 2.05) is 75.4 Å². The van der Waals surface area contributed by atoms with Crippen molar-refractivity contribution in [3.05, 3.63) is 71.4 Å². The van der Waals surface area contributed by atoms with Gasteiger partial charge in [0.25, 0.3) is 0 Å². The van der Waals surface area contributed by atoms with Gasteiger partial charge >= 0.3 is 0 Å². The Morgan fingerprint density at radius 2 is 1.91 bits per heavy atom. The lowest BCUT2D eigenvalue weighted by atomic mass is 10.1. The van der Waals surface area contributed by atoms with E-state index in [-0.39, 0.29) is 11.7 Å². The Hall–Kier alpha value is -3.23. The molecule has 0 fully saturated rings. The fraction of sp³-hybridized carbons (Fsp3) is 0.200. The standard InChI is InChI=1S/C25H24N4O2S2/c1-15-8-9-16(2)21(12-15)27-22(30)14-32-23-11-10-20(28-29-23)24-17(3)26-25(33-24)18-6-5-7-19(13-18)31-4/h5-13H,14H2,1-4H3,(H,27,30). The van der Waals surface area contributed by atoms with Crippen LogP contribution in [0.5, 0.6) is 5.75 Å². The summed E-state index contributed by atoms with van der Waals surface area (Å²) >= 11 is 2.93. The van der Waals surface area contributed by atoms with Gasteiger partial charge in [-0.15, -0.1) is 21.5 Å². The Morgan fingerprint density at radius 1 is 1.06 bits per heavy atom. The lowest BCUT2D eigenvalue weighted by Gasteiger charge is -2.09. The van der Waals surface area contributed by atoms with Gasteiger partial charge in [0.15, 0.2) is 0 Å². The lowest BCUT2D eigenvalue weighted by molar-refractivity contribution is -0.113. The molecule has 33 heavy (non-hydrogen) atoms. The number of amides is 1. The van der Waals surface area contributed by atoms with Crippen molar-refractivity contribution in [2.24, 2.45) is 0 Å². The molecule has 0 radical (unpaired) electrons. The van der Waals surface area contributed by atoms with Crippen LogP contribution in [-0.4, -0.2) is 34.0 Å². The van der Waals surface area contributed by atoms with Crippen molar-refractivity contribution in [1.29, 1.82) is 0 Å². The largest absolute Gasteiger partial charge is 0.497 e. The third kappa shape index (κ3) is 5.58. The minimum absolute atomic E-state index is 0.0687. The molecular weight excluding hydrogens is 452 g/mol. The number of thioether (sulfide) groups is 1.